The van der Waals surface area contributed by atoms with Gasteiger partial charge in [-0.15, -0.1) is 3.89 Å². The van der Waals surface area contributed by atoms with E-state index in [9.17, 15) is 21.1 Å². The van der Waals surface area contributed by atoms with E-state index in [4.69, 9.17) is 0 Å². The molecule has 0 atom stereocenters. The van der Waals surface area contributed by atoms with Crippen molar-refractivity contribution in [2.24, 2.45) is 0 Å². The first-order valence-electron chi connectivity index (χ1n) is 3.77. The molecule has 84 valence electrons. The van der Waals surface area contributed by atoms with Crippen molar-refractivity contribution >= 4 is 10.2 Å². The SMILES string of the molecule is COc1c(F)cc(F)cc1CS(=O)(=O)F. The van der Waals surface area contributed by atoms with E-state index in [-0.39, 0.29) is 0 Å². The zero-order chi connectivity index (χ0) is 11.6. The van der Waals surface area contributed by atoms with Crippen molar-refractivity contribution in [2.45, 2.75) is 5.75 Å². The minimum atomic E-state index is -4.86. The predicted octanol–water partition coefficient (Wildman–Crippen LogP) is 1.77. The second kappa shape index (κ2) is 4.09. The molecule has 0 unspecified atom stereocenters. The normalized spacial score (nSPS) is 11.5. The molecule has 0 spiro atoms. The van der Waals surface area contributed by atoms with Crippen molar-refractivity contribution in [1.82, 2.24) is 0 Å². The van der Waals surface area contributed by atoms with E-state index in [2.05, 4.69) is 4.74 Å². The van der Waals surface area contributed by atoms with Crippen LogP contribution < -0.4 is 4.74 Å². The second-order valence-electron chi connectivity index (χ2n) is 2.76. The van der Waals surface area contributed by atoms with E-state index >= 15 is 0 Å². The summed E-state index contributed by atoms with van der Waals surface area (Å²) in [5.41, 5.74) is -0.391. The van der Waals surface area contributed by atoms with Crippen LogP contribution >= 0.6 is 0 Å². The molecule has 15 heavy (non-hydrogen) atoms. The third-order valence-electron chi connectivity index (χ3n) is 1.62. The van der Waals surface area contributed by atoms with Crippen LogP contribution in [0.1, 0.15) is 5.56 Å². The van der Waals surface area contributed by atoms with E-state index in [1.54, 1.807) is 0 Å². The van der Waals surface area contributed by atoms with E-state index < -0.39 is 38.9 Å². The summed E-state index contributed by atoms with van der Waals surface area (Å²) in [6.45, 7) is 0. The Morgan fingerprint density at radius 2 is 1.93 bits per heavy atom. The Balaban J connectivity index is 3.27. The van der Waals surface area contributed by atoms with Crippen molar-refractivity contribution in [2.75, 3.05) is 7.11 Å². The van der Waals surface area contributed by atoms with Gasteiger partial charge in [0.1, 0.15) is 11.6 Å². The second-order valence-corrected chi connectivity index (χ2v) is 4.13. The maximum absolute atomic E-state index is 13.0. The Labute approximate surface area is 84.7 Å². The summed E-state index contributed by atoms with van der Waals surface area (Å²) in [5, 5.41) is 0. The van der Waals surface area contributed by atoms with E-state index in [0.717, 1.165) is 7.11 Å². The molecule has 0 aliphatic carbocycles. The first kappa shape index (κ1) is 11.8. The van der Waals surface area contributed by atoms with Crippen molar-refractivity contribution in [1.29, 1.82) is 0 Å². The Morgan fingerprint density at radius 3 is 2.40 bits per heavy atom. The van der Waals surface area contributed by atoms with Crippen LogP contribution in [0, 0.1) is 11.6 Å². The van der Waals surface area contributed by atoms with Crippen LogP contribution in [-0.2, 0) is 16.0 Å². The molecule has 0 aliphatic heterocycles. The third-order valence-corrected chi connectivity index (χ3v) is 2.27. The molecule has 7 heteroatoms. The fourth-order valence-corrected chi connectivity index (χ4v) is 1.72. The van der Waals surface area contributed by atoms with Gasteiger partial charge in [-0.3, -0.25) is 0 Å². The van der Waals surface area contributed by atoms with Crippen LogP contribution in [-0.4, -0.2) is 15.5 Å². The Kier molecular flexibility index (Phi) is 3.23. The van der Waals surface area contributed by atoms with Gasteiger partial charge < -0.3 is 4.74 Å². The summed E-state index contributed by atoms with van der Waals surface area (Å²) in [6.07, 6.45) is 0. The van der Waals surface area contributed by atoms with Crippen molar-refractivity contribution < 1.29 is 25.8 Å². The largest absolute Gasteiger partial charge is 0.493 e. The van der Waals surface area contributed by atoms with Gasteiger partial charge >= 0.3 is 10.2 Å². The van der Waals surface area contributed by atoms with Gasteiger partial charge in [-0.2, -0.15) is 8.42 Å². The molecule has 0 N–H and O–H groups in total. The molecule has 0 saturated carbocycles. The molecule has 0 bridgehead atoms. The predicted molar refractivity (Wildman–Crippen MR) is 46.6 cm³/mol. The number of rotatable bonds is 3. The number of benzene rings is 1. The highest BCUT2D eigenvalue weighted by Gasteiger charge is 2.17. The maximum atomic E-state index is 13.0. The minimum Gasteiger partial charge on any atom is -0.493 e. The van der Waals surface area contributed by atoms with Gasteiger partial charge in [0, 0.05) is 11.6 Å². The van der Waals surface area contributed by atoms with Crippen molar-refractivity contribution in [3.8, 4) is 5.75 Å². The molecule has 0 saturated heterocycles. The van der Waals surface area contributed by atoms with Gasteiger partial charge in [0.15, 0.2) is 11.6 Å². The highest BCUT2D eigenvalue weighted by atomic mass is 32.3. The maximum Gasteiger partial charge on any atom is 0.306 e. The van der Waals surface area contributed by atoms with E-state index in [1.165, 1.54) is 0 Å². The van der Waals surface area contributed by atoms with Gasteiger partial charge in [-0.25, -0.2) is 8.78 Å². The molecular weight excluding hydrogens is 233 g/mol. The third kappa shape index (κ3) is 3.12. The summed E-state index contributed by atoms with van der Waals surface area (Å²) >= 11 is 0. The molecule has 0 amide bonds. The fourth-order valence-electron chi connectivity index (χ4n) is 1.14. The molecule has 0 aliphatic rings. The number of hydrogen-bond acceptors (Lipinski definition) is 3. The van der Waals surface area contributed by atoms with Crippen molar-refractivity contribution in [3.05, 3.63) is 29.3 Å². The lowest BCUT2D eigenvalue weighted by Gasteiger charge is -2.07. The Hall–Kier alpha value is -1.24. The summed E-state index contributed by atoms with van der Waals surface area (Å²) < 4.78 is 63.2. The zero-order valence-corrected chi connectivity index (χ0v) is 8.45. The van der Waals surface area contributed by atoms with Crippen LogP contribution in [0.4, 0.5) is 12.7 Å². The smallest absolute Gasteiger partial charge is 0.306 e. The van der Waals surface area contributed by atoms with Crippen LogP contribution in [0.25, 0.3) is 0 Å². The highest BCUT2D eigenvalue weighted by Crippen LogP contribution is 2.26. The van der Waals surface area contributed by atoms with Crippen LogP contribution in [0.5, 0.6) is 5.75 Å². The minimum absolute atomic E-state index is 0.391. The number of halogens is 3. The molecule has 1 aromatic rings. The standard InChI is InChI=1S/C8H7F3O3S/c1-14-8-5(4-15(11,12)13)2-6(9)3-7(8)10/h2-3H,4H2,1H3. The summed E-state index contributed by atoms with van der Waals surface area (Å²) in [6, 6.07) is 1.23. The monoisotopic (exact) mass is 240 g/mol. The van der Waals surface area contributed by atoms with Gasteiger partial charge in [0.2, 0.25) is 0 Å². The molecule has 3 nitrogen and oxygen atoms in total. The van der Waals surface area contributed by atoms with Gasteiger partial charge in [-0.1, -0.05) is 0 Å². The Morgan fingerprint density at radius 1 is 1.33 bits per heavy atom. The molecular formula is C8H7F3O3S. The van der Waals surface area contributed by atoms with Crippen LogP contribution in [0.3, 0.4) is 0 Å². The van der Waals surface area contributed by atoms with E-state index in [1.807, 2.05) is 0 Å². The Bertz CT molecular complexity index is 470. The van der Waals surface area contributed by atoms with Gasteiger partial charge in [0.25, 0.3) is 0 Å². The lowest BCUT2D eigenvalue weighted by Crippen LogP contribution is -2.02. The molecule has 1 rings (SSSR count). The summed E-state index contributed by atoms with van der Waals surface area (Å²) in [5.74, 6) is -3.66. The molecule has 0 radical (unpaired) electrons. The highest BCUT2D eigenvalue weighted by molar-refractivity contribution is 7.85. The average Bonchev–Trinajstić information content (AvgIpc) is 1.99. The average molecular weight is 240 g/mol. The fraction of sp³-hybridized carbons (Fsp3) is 0.250. The number of methoxy groups -OCH3 is 1. The zero-order valence-electron chi connectivity index (χ0n) is 7.63. The first-order valence-corrected chi connectivity index (χ1v) is 5.33. The number of ether oxygens (including phenoxy) is 1. The molecule has 0 fully saturated rings. The lowest BCUT2D eigenvalue weighted by atomic mass is 10.2. The molecule has 1 aromatic carbocycles. The molecule has 0 aromatic heterocycles. The van der Waals surface area contributed by atoms with E-state index in [0.29, 0.717) is 12.1 Å². The lowest BCUT2D eigenvalue weighted by molar-refractivity contribution is 0.380. The molecule has 0 heterocycles. The summed E-state index contributed by atoms with van der Waals surface area (Å²) in [4.78, 5) is 0. The van der Waals surface area contributed by atoms with Crippen LogP contribution in [0.2, 0.25) is 0 Å². The summed E-state index contributed by atoms with van der Waals surface area (Å²) in [7, 11) is -3.78. The van der Waals surface area contributed by atoms with Crippen LogP contribution in [0.15, 0.2) is 12.1 Å². The van der Waals surface area contributed by atoms with Gasteiger partial charge in [0.05, 0.1) is 7.11 Å². The van der Waals surface area contributed by atoms with Crippen molar-refractivity contribution in [3.63, 3.8) is 0 Å². The quantitative estimate of drug-likeness (QED) is 0.756. The number of hydrogen-bond donors (Lipinski definition) is 0. The first-order chi connectivity index (χ1) is 6.83. The topological polar surface area (TPSA) is 43.4 Å². The van der Waals surface area contributed by atoms with Gasteiger partial charge in [-0.05, 0) is 6.07 Å².